The van der Waals surface area contributed by atoms with Crippen LogP contribution >= 0.6 is 11.6 Å². The summed E-state index contributed by atoms with van der Waals surface area (Å²) < 4.78 is 6.03. The van der Waals surface area contributed by atoms with E-state index in [0.717, 1.165) is 11.1 Å². The summed E-state index contributed by atoms with van der Waals surface area (Å²) >= 11 is 5.91. The van der Waals surface area contributed by atoms with Gasteiger partial charge >= 0.3 is 5.97 Å². The van der Waals surface area contributed by atoms with Crippen molar-refractivity contribution in [3.8, 4) is 17.5 Å². The van der Waals surface area contributed by atoms with Crippen molar-refractivity contribution in [3.63, 3.8) is 0 Å². The van der Waals surface area contributed by atoms with Crippen molar-refractivity contribution in [2.45, 2.75) is 38.6 Å². The molecule has 4 aromatic rings. The van der Waals surface area contributed by atoms with Crippen LogP contribution in [0.1, 0.15) is 53.7 Å². The SMILES string of the molecule is CC(C)c1cc(C#N)cc2nc(-c3ccc(C(=O)N[C@@](C)(Cc4ccc(Cl)cc4)C(=O)O)cc3)oc12. The van der Waals surface area contributed by atoms with E-state index in [4.69, 9.17) is 16.0 Å². The van der Waals surface area contributed by atoms with E-state index in [9.17, 15) is 20.0 Å². The predicted molar refractivity (Wildman–Crippen MR) is 137 cm³/mol. The Morgan fingerprint density at radius 3 is 2.39 bits per heavy atom. The number of halogens is 1. The Morgan fingerprint density at radius 1 is 1.14 bits per heavy atom. The number of carboxylic acids is 1. The summed E-state index contributed by atoms with van der Waals surface area (Å²) in [4.78, 5) is 29.5. The molecule has 0 unspecified atom stereocenters. The molecule has 0 saturated heterocycles. The first-order chi connectivity index (χ1) is 17.1. The van der Waals surface area contributed by atoms with Gasteiger partial charge in [0.25, 0.3) is 5.91 Å². The van der Waals surface area contributed by atoms with E-state index in [1.54, 1.807) is 60.7 Å². The van der Waals surface area contributed by atoms with Crippen molar-refractivity contribution in [1.29, 1.82) is 5.26 Å². The maximum atomic E-state index is 12.9. The van der Waals surface area contributed by atoms with E-state index in [1.165, 1.54) is 6.92 Å². The van der Waals surface area contributed by atoms with Crippen LogP contribution in [-0.4, -0.2) is 27.5 Å². The molecule has 0 bridgehead atoms. The molecule has 4 rings (SSSR count). The van der Waals surface area contributed by atoms with Crippen LogP contribution in [-0.2, 0) is 11.2 Å². The minimum atomic E-state index is -1.52. The summed E-state index contributed by atoms with van der Waals surface area (Å²) in [6, 6.07) is 19.0. The molecule has 0 saturated carbocycles. The van der Waals surface area contributed by atoms with Crippen LogP contribution in [0.2, 0.25) is 5.02 Å². The van der Waals surface area contributed by atoms with Crippen LogP contribution in [0.3, 0.4) is 0 Å². The molecule has 0 spiro atoms. The topological polar surface area (TPSA) is 116 Å². The van der Waals surface area contributed by atoms with Crippen molar-refractivity contribution in [1.82, 2.24) is 10.3 Å². The summed E-state index contributed by atoms with van der Waals surface area (Å²) in [5.41, 5.74) is 2.79. The molecular weight excluding hydrogens is 478 g/mol. The third-order valence-electron chi connectivity index (χ3n) is 6.00. The highest BCUT2D eigenvalue weighted by molar-refractivity contribution is 6.30. The number of benzene rings is 3. The lowest BCUT2D eigenvalue weighted by Crippen LogP contribution is -2.53. The lowest BCUT2D eigenvalue weighted by Gasteiger charge is -2.26. The van der Waals surface area contributed by atoms with E-state index >= 15 is 0 Å². The van der Waals surface area contributed by atoms with E-state index in [-0.39, 0.29) is 12.3 Å². The smallest absolute Gasteiger partial charge is 0.329 e. The minimum absolute atomic E-state index is 0.0924. The average molecular weight is 502 g/mol. The van der Waals surface area contributed by atoms with Gasteiger partial charge in [0, 0.05) is 28.1 Å². The zero-order valence-electron chi connectivity index (χ0n) is 20.0. The molecule has 0 aliphatic heterocycles. The van der Waals surface area contributed by atoms with Crippen LogP contribution in [0.4, 0.5) is 0 Å². The van der Waals surface area contributed by atoms with E-state index in [0.29, 0.717) is 38.7 Å². The van der Waals surface area contributed by atoms with Gasteiger partial charge in [0.15, 0.2) is 5.58 Å². The molecule has 0 fully saturated rings. The van der Waals surface area contributed by atoms with E-state index in [1.807, 2.05) is 13.8 Å². The van der Waals surface area contributed by atoms with Crippen molar-refractivity contribution >= 4 is 34.6 Å². The second-order valence-corrected chi connectivity index (χ2v) is 9.61. The number of nitrogens with one attached hydrogen (secondary N) is 1. The maximum Gasteiger partial charge on any atom is 0.329 e. The second kappa shape index (κ2) is 9.84. The Balaban J connectivity index is 1.57. The molecule has 7 nitrogen and oxygen atoms in total. The number of amides is 1. The molecular formula is C28H24ClN3O4. The number of aromatic nitrogens is 1. The number of nitriles is 1. The molecule has 1 heterocycles. The molecule has 0 aliphatic rings. The summed E-state index contributed by atoms with van der Waals surface area (Å²) in [5.74, 6) is -1.15. The summed E-state index contributed by atoms with van der Waals surface area (Å²) in [5, 5.41) is 22.3. The Hall–Kier alpha value is -4.15. The molecule has 0 radical (unpaired) electrons. The number of carbonyl (C=O) groups is 2. The Labute approximate surface area is 213 Å². The number of rotatable bonds is 7. The molecule has 1 aromatic heterocycles. The largest absolute Gasteiger partial charge is 0.480 e. The zero-order chi connectivity index (χ0) is 26.0. The first-order valence-electron chi connectivity index (χ1n) is 11.3. The number of carboxylic acid groups (broad SMARTS) is 1. The number of fused-ring (bicyclic) bond motifs is 1. The monoisotopic (exact) mass is 501 g/mol. The molecule has 36 heavy (non-hydrogen) atoms. The van der Waals surface area contributed by atoms with Gasteiger partial charge < -0.3 is 14.8 Å². The highest BCUT2D eigenvalue weighted by atomic mass is 35.5. The van der Waals surface area contributed by atoms with Gasteiger partial charge in [0.1, 0.15) is 11.1 Å². The highest BCUT2D eigenvalue weighted by Crippen LogP contribution is 2.31. The van der Waals surface area contributed by atoms with Gasteiger partial charge in [-0.15, -0.1) is 0 Å². The van der Waals surface area contributed by atoms with Gasteiger partial charge in [-0.2, -0.15) is 5.26 Å². The van der Waals surface area contributed by atoms with E-state index in [2.05, 4.69) is 16.4 Å². The van der Waals surface area contributed by atoms with Crippen molar-refractivity contribution in [2.24, 2.45) is 0 Å². The molecule has 182 valence electrons. The average Bonchev–Trinajstić information content (AvgIpc) is 3.28. The van der Waals surface area contributed by atoms with Crippen LogP contribution in [0.15, 0.2) is 65.1 Å². The zero-order valence-corrected chi connectivity index (χ0v) is 20.8. The molecule has 1 atom stereocenters. The van der Waals surface area contributed by atoms with Gasteiger partial charge in [-0.3, -0.25) is 4.79 Å². The van der Waals surface area contributed by atoms with Gasteiger partial charge in [-0.25, -0.2) is 9.78 Å². The third-order valence-corrected chi connectivity index (χ3v) is 6.25. The Kier molecular flexibility index (Phi) is 6.82. The van der Waals surface area contributed by atoms with Crippen molar-refractivity contribution in [3.05, 3.63) is 87.9 Å². The predicted octanol–water partition coefficient (Wildman–Crippen LogP) is 5.96. The fraction of sp³-hybridized carbons (Fsp3) is 0.214. The quantitative estimate of drug-likeness (QED) is 0.323. The second-order valence-electron chi connectivity index (χ2n) is 9.17. The Bertz CT molecular complexity index is 1480. The summed E-state index contributed by atoms with van der Waals surface area (Å²) in [6.07, 6.45) is 0.0924. The Morgan fingerprint density at radius 2 is 1.81 bits per heavy atom. The third kappa shape index (κ3) is 5.09. The highest BCUT2D eigenvalue weighted by Gasteiger charge is 2.35. The number of hydrogen-bond donors (Lipinski definition) is 2. The maximum absolute atomic E-state index is 12.9. The van der Waals surface area contributed by atoms with Crippen LogP contribution < -0.4 is 5.32 Å². The molecule has 0 aliphatic carbocycles. The normalized spacial score (nSPS) is 12.8. The fourth-order valence-electron chi connectivity index (χ4n) is 3.95. The number of carbonyl (C=O) groups excluding carboxylic acids is 1. The van der Waals surface area contributed by atoms with Gasteiger partial charge in [-0.05, 0) is 66.9 Å². The standard InChI is InChI=1S/C28H24ClN3O4/c1-16(2)22-12-18(15-30)13-23-24(22)36-26(31-23)20-8-6-19(7-9-20)25(33)32-28(3,27(34)35)14-17-4-10-21(29)11-5-17/h4-13,16H,14H2,1-3H3,(H,32,33)(H,34,35)/t28-/m0/s1. The van der Waals surface area contributed by atoms with Crippen LogP contribution in [0.25, 0.3) is 22.6 Å². The van der Waals surface area contributed by atoms with Crippen molar-refractivity contribution < 1.29 is 19.1 Å². The number of aliphatic carboxylic acids is 1. The number of oxazole rings is 1. The first-order valence-corrected chi connectivity index (χ1v) is 11.7. The number of nitrogens with zero attached hydrogens (tertiary/aromatic N) is 2. The number of hydrogen-bond acceptors (Lipinski definition) is 5. The minimum Gasteiger partial charge on any atom is -0.480 e. The summed E-state index contributed by atoms with van der Waals surface area (Å²) in [6.45, 7) is 5.50. The van der Waals surface area contributed by atoms with E-state index < -0.39 is 17.4 Å². The van der Waals surface area contributed by atoms with Gasteiger partial charge in [0.2, 0.25) is 5.89 Å². The molecule has 8 heteroatoms. The van der Waals surface area contributed by atoms with Crippen molar-refractivity contribution in [2.75, 3.05) is 0 Å². The van der Waals surface area contributed by atoms with Gasteiger partial charge in [0.05, 0.1) is 11.6 Å². The van der Waals surface area contributed by atoms with Crippen LogP contribution in [0, 0.1) is 11.3 Å². The fourth-order valence-corrected chi connectivity index (χ4v) is 4.07. The first kappa shape index (κ1) is 25.0. The summed E-state index contributed by atoms with van der Waals surface area (Å²) in [7, 11) is 0. The van der Waals surface area contributed by atoms with Crippen LogP contribution in [0.5, 0.6) is 0 Å². The van der Waals surface area contributed by atoms with Gasteiger partial charge in [-0.1, -0.05) is 37.6 Å². The lowest BCUT2D eigenvalue weighted by molar-refractivity contribution is -0.143. The molecule has 2 N–H and O–H groups in total. The molecule has 3 aromatic carbocycles. The lowest BCUT2D eigenvalue weighted by atomic mass is 9.92. The molecule has 1 amide bonds.